The average Bonchev–Trinajstić information content (AvgIpc) is 1.87. The van der Waals surface area contributed by atoms with Crippen LogP contribution < -0.4 is 0 Å². The van der Waals surface area contributed by atoms with Crippen LogP contribution in [0.15, 0.2) is 12.2 Å². The molecule has 0 rings (SSSR count). The van der Waals surface area contributed by atoms with Crippen LogP contribution in [0.5, 0.6) is 0 Å². The maximum atomic E-state index is 9.54. The van der Waals surface area contributed by atoms with E-state index in [0.29, 0.717) is 6.42 Å². The van der Waals surface area contributed by atoms with Gasteiger partial charge in [-0.1, -0.05) is 12.5 Å². The van der Waals surface area contributed by atoms with Crippen molar-refractivity contribution in [3.8, 4) is 0 Å². The van der Waals surface area contributed by atoms with Gasteiger partial charge in [-0.2, -0.15) is 0 Å². The maximum Gasteiger partial charge on any atom is 0.0619 e. The molecule has 1 nitrogen and oxygen atoms in total. The molecule has 1 unspecified atom stereocenters. The van der Waals surface area contributed by atoms with Crippen LogP contribution in [-0.4, -0.2) is 10.7 Å². The van der Waals surface area contributed by atoms with E-state index in [4.69, 9.17) is 0 Å². The van der Waals surface area contributed by atoms with Gasteiger partial charge in [-0.25, -0.2) is 0 Å². The van der Waals surface area contributed by atoms with E-state index >= 15 is 0 Å². The summed E-state index contributed by atoms with van der Waals surface area (Å²) in [4.78, 5) is 0. The molecule has 0 saturated carbocycles. The summed E-state index contributed by atoms with van der Waals surface area (Å²) >= 11 is 0. The molecule has 0 spiro atoms. The number of allylic oxidation sites excluding steroid dienone is 1. The third kappa shape index (κ3) is 6.11. The molecule has 0 aliphatic carbocycles. The largest absolute Gasteiger partial charge is 0.390 e. The summed E-state index contributed by atoms with van der Waals surface area (Å²) in [6.45, 7) is 11.3. The minimum atomic E-state index is -0.574. The van der Waals surface area contributed by atoms with Gasteiger partial charge in [0.1, 0.15) is 0 Å². The minimum absolute atomic E-state index is 0.574. The van der Waals surface area contributed by atoms with Crippen molar-refractivity contribution in [2.24, 2.45) is 0 Å². The first kappa shape index (κ1) is 10.7. The molecule has 0 aromatic carbocycles. The molecule has 0 aliphatic heterocycles. The van der Waals surface area contributed by atoms with Gasteiger partial charge in [0.25, 0.3) is 0 Å². The normalized spacial score (nSPS) is 16.0. The van der Waals surface area contributed by atoms with Gasteiger partial charge in [0.15, 0.2) is 0 Å². The van der Waals surface area contributed by atoms with Crippen LogP contribution in [0.4, 0.5) is 0 Å². The molecule has 0 amide bonds. The monoisotopic (exact) mass is 155 g/mol. The first-order valence-corrected chi connectivity index (χ1v) is 4.14. The molecule has 0 saturated heterocycles. The Bertz CT molecular complexity index is 125. The van der Waals surface area contributed by atoms with Crippen molar-refractivity contribution in [2.45, 2.75) is 45.1 Å². The van der Waals surface area contributed by atoms with Gasteiger partial charge >= 0.3 is 0 Å². The lowest BCUT2D eigenvalue weighted by Crippen LogP contribution is -2.22. The van der Waals surface area contributed by atoms with Crippen molar-refractivity contribution in [1.82, 2.24) is 0 Å². The first-order chi connectivity index (χ1) is 4.98. The highest BCUT2D eigenvalue weighted by atomic mass is 16.3. The zero-order valence-corrected chi connectivity index (χ0v) is 7.69. The van der Waals surface area contributed by atoms with E-state index in [2.05, 4.69) is 13.5 Å². The molecule has 11 heavy (non-hydrogen) atoms. The fourth-order valence-corrected chi connectivity index (χ4v) is 0.896. The van der Waals surface area contributed by atoms with E-state index in [9.17, 15) is 5.11 Å². The lowest BCUT2D eigenvalue weighted by Gasteiger charge is -2.20. The first-order valence-electron chi connectivity index (χ1n) is 4.14. The Labute approximate surface area is 70.1 Å². The fraction of sp³-hybridized carbons (Fsp3) is 0.700. The number of hydrogen-bond donors (Lipinski definition) is 1. The maximum absolute atomic E-state index is 9.54. The summed E-state index contributed by atoms with van der Waals surface area (Å²) in [5, 5.41) is 9.54. The third-order valence-electron chi connectivity index (χ3n) is 1.86. The van der Waals surface area contributed by atoms with Crippen molar-refractivity contribution in [3.63, 3.8) is 0 Å². The van der Waals surface area contributed by atoms with Gasteiger partial charge in [-0.05, 0) is 39.5 Å². The van der Waals surface area contributed by atoms with E-state index in [1.807, 2.05) is 13.8 Å². The number of rotatable bonds is 5. The Morgan fingerprint density at radius 2 is 2.09 bits per heavy atom. The van der Waals surface area contributed by atoms with Crippen LogP contribution in [0.25, 0.3) is 0 Å². The molecule has 0 aromatic rings. The summed E-state index contributed by atoms with van der Waals surface area (Å²) in [5.74, 6) is 0. The Balaban J connectivity index is 3.45. The Hall–Kier alpha value is -0.300. The second-order valence-electron chi connectivity index (χ2n) is 3.56. The summed E-state index contributed by atoms with van der Waals surface area (Å²) in [7, 11) is 0. The minimum Gasteiger partial charge on any atom is -0.390 e. The molecule has 1 atom stereocenters. The van der Waals surface area contributed by atoms with Crippen LogP contribution in [0.1, 0.15) is 39.5 Å². The Morgan fingerprint density at radius 1 is 1.55 bits per heavy atom. The van der Waals surface area contributed by atoms with E-state index < -0.39 is 5.60 Å². The zero-order valence-electron chi connectivity index (χ0n) is 7.69. The highest BCUT2D eigenvalue weighted by Crippen LogP contribution is 2.18. The van der Waals surface area contributed by atoms with Gasteiger partial charge in [-0.15, -0.1) is 6.58 Å². The van der Waals surface area contributed by atoms with E-state index in [0.717, 1.165) is 19.3 Å². The van der Waals surface area contributed by atoms with Gasteiger partial charge < -0.3 is 5.11 Å². The second kappa shape index (κ2) is 4.55. The lowest BCUT2D eigenvalue weighted by atomic mass is 9.95. The second-order valence-corrected chi connectivity index (χ2v) is 3.56. The van der Waals surface area contributed by atoms with Crippen LogP contribution in [0.2, 0.25) is 0 Å². The molecule has 1 heteroatoms. The van der Waals surface area contributed by atoms with Crippen molar-refractivity contribution in [2.75, 3.05) is 0 Å². The quantitative estimate of drug-likeness (QED) is 0.605. The molecule has 1 radical (unpaired) electrons. The van der Waals surface area contributed by atoms with Gasteiger partial charge in [0, 0.05) is 0 Å². The van der Waals surface area contributed by atoms with Gasteiger partial charge in [0.2, 0.25) is 0 Å². The predicted molar refractivity (Wildman–Crippen MR) is 49.3 cm³/mol. The van der Waals surface area contributed by atoms with Crippen LogP contribution in [0.3, 0.4) is 0 Å². The van der Waals surface area contributed by atoms with Gasteiger partial charge in [-0.3, -0.25) is 0 Å². The van der Waals surface area contributed by atoms with E-state index in [-0.39, 0.29) is 0 Å². The lowest BCUT2D eigenvalue weighted by molar-refractivity contribution is 0.0513. The molecule has 0 aromatic heterocycles. The third-order valence-corrected chi connectivity index (χ3v) is 1.86. The topological polar surface area (TPSA) is 20.2 Å². The summed E-state index contributed by atoms with van der Waals surface area (Å²) in [6.07, 6.45) is 3.43. The highest BCUT2D eigenvalue weighted by molar-refractivity contribution is 4.88. The molecule has 0 aliphatic rings. The number of aliphatic hydroxyl groups is 1. The van der Waals surface area contributed by atoms with Crippen molar-refractivity contribution in [1.29, 1.82) is 0 Å². The zero-order chi connectivity index (χ0) is 8.91. The van der Waals surface area contributed by atoms with Crippen molar-refractivity contribution in [3.05, 3.63) is 19.1 Å². The molecular formula is C10H19O. The molecule has 65 valence electrons. The molecule has 0 bridgehead atoms. The smallest absolute Gasteiger partial charge is 0.0619 e. The molecular weight excluding hydrogens is 136 g/mol. The van der Waals surface area contributed by atoms with Crippen LogP contribution in [-0.2, 0) is 0 Å². The highest BCUT2D eigenvalue weighted by Gasteiger charge is 2.15. The molecule has 1 N–H and O–H groups in total. The molecule has 0 heterocycles. The van der Waals surface area contributed by atoms with Gasteiger partial charge in [0.05, 0.1) is 5.60 Å². The van der Waals surface area contributed by atoms with E-state index in [1.54, 1.807) is 0 Å². The van der Waals surface area contributed by atoms with Crippen molar-refractivity contribution >= 4 is 0 Å². The van der Waals surface area contributed by atoms with E-state index in [1.165, 1.54) is 5.57 Å². The Morgan fingerprint density at radius 3 is 2.45 bits per heavy atom. The predicted octanol–water partition coefficient (Wildman–Crippen LogP) is 2.71. The Kier molecular flexibility index (Phi) is 4.43. The SMILES string of the molecule is [CH2]CC(C)(O)CCCC(=C)C. The van der Waals surface area contributed by atoms with Crippen molar-refractivity contribution < 1.29 is 5.11 Å². The standard InChI is InChI=1S/C10H19O/c1-5-10(4,11)8-6-7-9(2)3/h11H,1-2,5-8H2,3-4H3. The number of hydrogen-bond acceptors (Lipinski definition) is 1. The average molecular weight is 155 g/mol. The summed E-state index contributed by atoms with van der Waals surface area (Å²) in [6, 6.07) is 0. The van der Waals surface area contributed by atoms with Crippen LogP contribution >= 0.6 is 0 Å². The van der Waals surface area contributed by atoms with Crippen LogP contribution in [0, 0.1) is 6.92 Å². The summed E-state index contributed by atoms with van der Waals surface area (Å²) < 4.78 is 0. The summed E-state index contributed by atoms with van der Waals surface area (Å²) in [5.41, 5.74) is 0.611. The molecule has 0 fully saturated rings. The fourth-order valence-electron chi connectivity index (χ4n) is 0.896.